The molecule has 0 aromatic heterocycles. The van der Waals surface area contributed by atoms with Gasteiger partial charge >= 0.3 is 0 Å². The van der Waals surface area contributed by atoms with Crippen molar-refractivity contribution in [2.24, 2.45) is 0 Å². The molecule has 106 valence electrons. The third-order valence-corrected chi connectivity index (χ3v) is 3.75. The minimum atomic E-state index is -0.756. The van der Waals surface area contributed by atoms with Gasteiger partial charge in [0.15, 0.2) is 0 Å². The van der Waals surface area contributed by atoms with Gasteiger partial charge in [-0.1, -0.05) is 22.0 Å². The number of rotatable bonds is 4. The van der Waals surface area contributed by atoms with Crippen molar-refractivity contribution in [3.8, 4) is 11.5 Å². The van der Waals surface area contributed by atoms with Crippen LogP contribution in [0.5, 0.6) is 11.5 Å². The zero-order valence-electron chi connectivity index (χ0n) is 11.7. The fraction of sp³-hybridized carbons (Fsp3) is 0.250. The predicted molar refractivity (Wildman–Crippen MR) is 82.5 cm³/mol. The van der Waals surface area contributed by atoms with E-state index in [0.29, 0.717) is 17.1 Å². The van der Waals surface area contributed by atoms with Gasteiger partial charge in [0.05, 0.1) is 14.2 Å². The lowest BCUT2D eigenvalue weighted by Gasteiger charge is -2.18. The Morgan fingerprint density at radius 2 is 1.75 bits per heavy atom. The first kappa shape index (κ1) is 14.9. The van der Waals surface area contributed by atoms with Crippen molar-refractivity contribution >= 4 is 15.9 Å². The maximum Gasteiger partial charge on any atom is 0.125 e. The molecule has 0 saturated heterocycles. The number of aliphatic hydroxyl groups excluding tert-OH is 1. The van der Waals surface area contributed by atoms with Crippen LogP contribution in [0.4, 0.5) is 0 Å². The molecule has 0 aliphatic carbocycles. The number of halogens is 1. The largest absolute Gasteiger partial charge is 0.497 e. The highest BCUT2D eigenvalue weighted by Gasteiger charge is 2.18. The molecular weight excluding hydrogens is 320 g/mol. The first-order chi connectivity index (χ1) is 9.56. The lowest BCUT2D eigenvalue weighted by Crippen LogP contribution is -2.04. The van der Waals surface area contributed by atoms with Gasteiger partial charge in [0.25, 0.3) is 0 Å². The Kier molecular flexibility index (Phi) is 4.68. The normalized spacial score (nSPS) is 12.1. The highest BCUT2D eigenvalue weighted by molar-refractivity contribution is 9.10. The van der Waals surface area contributed by atoms with Gasteiger partial charge in [0.1, 0.15) is 17.6 Å². The van der Waals surface area contributed by atoms with E-state index in [-0.39, 0.29) is 0 Å². The number of hydrogen-bond donors (Lipinski definition) is 1. The van der Waals surface area contributed by atoms with E-state index in [1.54, 1.807) is 26.4 Å². The third kappa shape index (κ3) is 2.97. The van der Waals surface area contributed by atoms with Crippen molar-refractivity contribution in [3.63, 3.8) is 0 Å². The summed E-state index contributed by atoms with van der Waals surface area (Å²) < 4.78 is 11.5. The van der Waals surface area contributed by atoms with Crippen LogP contribution in [0.3, 0.4) is 0 Å². The Balaban J connectivity index is 2.48. The fourth-order valence-electron chi connectivity index (χ4n) is 2.17. The minimum Gasteiger partial charge on any atom is -0.497 e. The van der Waals surface area contributed by atoms with E-state index in [1.165, 1.54) is 0 Å². The molecule has 0 aliphatic heterocycles. The Bertz CT molecular complexity index is 611. The van der Waals surface area contributed by atoms with Crippen LogP contribution in [0, 0.1) is 6.92 Å². The Labute approximate surface area is 127 Å². The molecule has 0 bridgehead atoms. The average Bonchev–Trinajstić information content (AvgIpc) is 2.46. The molecule has 0 heterocycles. The molecule has 0 spiro atoms. The average molecular weight is 337 g/mol. The summed E-state index contributed by atoms with van der Waals surface area (Å²) in [6.45, 7) is 1.97. The van der Waals surface area contributed by atoms with E-state index in [1.807, 2.05) is 31.2 Å². The third-order valence-electron chi connectivity index (χ3n) is 3.26. The van der Waals surface area contributed by atoms with E-state index in [4.69, 9.17) is 9.47 Å². The smallest absolute Gasteiger partial charge is 0.125 e. The van der Waals surface area contributed by atoms with Gasteiger partial charge in [-0.3, -0.25) is 0 Å². The molecule has 1 atom stereocenters. The van der Waals surface area contributed by atoms with Crippen LogP contribution in [-0.2, 0) is 0 Å². The Morgan fingerprint density at radius 3 is 2.35 bits per heavy atom. The molecule has 0 fully saturated rings. The zero-order valence-corrected chi connectivity index (χ0v) is 13.3. The van der Waals surface area contributed by atoms with Gasteiger partial charge in [-0.05, 0) is 48.4 Å². The molecule has 2 aromatic carbocycles. The quantitative estimate of drug-likeness (QED) is 0.921. The number of methoxy groups -OCH3 is 2. The number of ether oxygens (including phenoxy) is 2. The number of aryl methyl sites for hydroxylation is 1. The highest BCUT2D eigenvalue weighted by Crippen LogP contribution is 2.34. The maximum atomic E-state index is 10.6. The van der Waals surface area contributed by atoms with Gasteiger partial charge in [0, 0.05) is 10.0 Å². The van der Waals surface area contributed by atoms with Crippen LogP contribution in [0.25, 0.3) is 0 Å². The zero-order chi connectivity index (χ0) is 14.7. The summed E-state index contributed by atoms with van der Waals surface area (Å²) in [5.41, 5.74) is 2.55. The SMILES string of the molecule is COc1ccc(OC)c(C(O)c2ccc(Br)cc2C)c1. The first-order valence-corrected chi connectivity index (χ1v) is 7.02. The molecule has 4 heteroatoms. The monoisotopic (exact) mass is 336 g/mol. The fourth-order valence-corrected chi connectivity index (χ4v) is 2.64. The summed E-state index contributed by atoms with van der Waals surface area (Å²) in [7, 11) is 3.19. The van der Waals surface area contributed by atoms with E-state index >= 15 is 0 Å². The Hall–Kier alpha value is -1.52. The minimum absolute atomic E-state index is 0.639. The van der Waals surface area contributed by atoms with Crippen LogP contribution in [0.1, 0.15) is 22.8 Å². The van der Waals surface area contributed by atoms with Gasteiger partial charge in [-0.15, -0.1) is 0 Å². The van der Waals surface area contributed by atoms with Gasteiger partial charge in [-0.2, -0.15) is 0 Å². The number of aliphatic hydroxyl groups is 1. The van der Waals surface area contributed by atoms with E-state index in [9.17, 15) is 5.11 Å². The summed E-state index contributed by atoms with van der Waals surface area (Å²) in [4.78, 5) is 0. The van der Waals surface area contributed by atoms with Crippen molar-refractivity contribution in [3.05, 3.63) is 57.6 Å². The van der Waals surface area contributed by atoms with Crippen molar-refractivity contribution in [1.82, 2.24) is 0 Å². The summed E-state index contributed by atoms with van der Waals surface area (Å²) in [6.07, 6.45) is -0.756. The first-order valence-electron chi connectivity index (χ1n) is 6.23. The summed E-state index contributed by atoms with van der Waals surface area (Å²) in [6, 6.07) is 11.2. The van der Waals surface area contributed by atoms with Crippen LogP contribution < -0.4 is 9.47 Å². The second-order valence-electron chi connectivity index (χ2n) is 4.51. The molecule has 3 nitrogen and oxygen atoms in total. The molecule has 2 rings (SSSR count). The van der Waals surface area contributed by atoms with Crippen molar-refractivity contribution in [2.45, 2.75) is 13.0 Å². The Morgan fingerprint density at radius 1 is 1.00 bits per heavy atom. The van der Waals surface area contributed by atoms with Gasteiger partial charge in [-0.25, -0.2) is 0 Å². The standard InChI is InChI=1S/C16H17BrO3/c1-10-8-11(17)4-6-13(10)16(18)14-9-12(19-2)5-7-15(14)20-3/h4-9,16,18H,1-3H3. The topological polar surface area (TPSA) is 38.7 Å². The maximum absolute atomic E-state index is 10.6. The number of hydrogen-bond acceptors (Lipinski definition) is 3. The molecule has 1 N–H and O–H groups in total. The molecule has 0 amide bonds. The summed E-state index contributed by atoms with van der Waals surface area (Å²) in [5, 5.41) is 10.6. The second-order valence-corrected chi connectivity index (χ2v) is 5.43. The molecule has 0 radical (unpaired) electrons. The summed E-state index contributed by atoms with van der Waals surface area (Å²) >= 11 is 3.43. The van der Waals surface area contributed by atoms with E-state index < -0.39 is 6.10 Å². The van der Waals surface area contributed by atoms with Gasteiger partial charge < -0.3 is 14.6 Å². The van der Waals surface area contributed by atoms with Crippen LogP contribution >= 0.6 is 15.9 Å². The second kappa shape index (κ2) is 6.29. The molecule has 2 aromatic rings. The van der Waals surface area contributed by atoms with E-state index in [0.717, 1.165) is 15.6 Å². The molecular formula is C16H17BrO3. The molecule has 0 aliphatic rings. The molecule has 0 saturated carbocycles. The van der Waals surface area contributed by atoms with Gasteiger partial charge in [0.2, 0.25) is 0 Å². The van der Waals surface area contributed by atoms with Crippen molar-refractivity contribution < 1.29 is 14.6 Å². The molecule has 1 unspecified atom stereocenters. The van der Waals surface area contributed by atoms with Crippen molar-refractivity contribution in [1.29, 1.82) is 0 Å². The van der Waals surface area contributed by atoms with Crippen LogP contribution in [-0.4, -0.2) is 19.3 Å². The van der Waals surface area contributed by atoms with Crippen molar-refractivity contribution in [2.75, 3.05) is 14.2 Å². The lowest BCUT2D eigenvalue weighted by atomic mass is 9.96. The molecule has 20 heavy (non-hydrogen) atoms. The predicted octanol–water partition coefficient (Wildman–Crippen LogP) is 3.86. The summed E-state index contributed by atoms with van der Waals surface area (Å²) in [5.74, 6) is 1.33. The highest BCUT2D eigenvalue weighted by atomic mass is 79.9. The van der Waals surface area contributed by atoms with E-state index in [2.05, 4.69) is 15.9 Å². The van der Waals surface area contributed by atoms with Crippen LogP contribution in [0.15, 0.2) is 40.9 Å². The lowest BCUT2D eigenvalue weighted by molar-refractivity contribution is 0.213. The number of benzene rings is 2. The van der Waals surface area contributed by atoms with Crippen LogP contribution in [0.2, 0.25) is 0 Å².